The Labute approximate surface area is 154 Å². The van der Waals surface area contributed by atoms with Crippen LogP contribution >= 0.6 is 11.8 Å². The van der Waals surface area contributed by atoms with Crippen molar-refractivity contribution in [2.24, 2.45) is 0 Å². The van der Waals surface area contributed by atoms with E-state index >= 15 is 0 Å². The lowest BCUT2D eigenvalue weighted by Gasteiger charge is -2.23. The maximum atomic E-state index is 11.5. The number of nitrogens with zero attached hydrogens (tertiary/aromatic N) is 3. The third kappa shape index (κ3) is 3.03. The number of fused-ring (bicyclic) bond motifs is 1. The van der Waals surface area contributed by atoms with Crippen LogP contribution in [0.1, 0.15) is 11.6 Å². The zero-order chi connectivity index (χ0) is 18.8. The zero-order valence-electron chi connectivity index (χ0n) is 14.6. The fourth-order valence-electron chi connectivity index (χ4n) is 2.69. The SMILES string of the molecule is COc1cc([C@H]2C=C(C(=O)O)Nc3nc(SC)nn32)cc(OC)c1OC. The van der Waals surface area contributed by atoms with Gasteiger partial charge in [-0.15, -0.1) is 5.10 Å². The second-order valence-electron chi connectivity index (χ2n) is 5.28. The molecule has 0 spiro atoms. The summed E-state index contributed by atoms with van der Waals surface area (Å²) in [5, 5.41) is 17.2. The van der Waals surface area contributed by atoms with Crippen LogP contribution in [-0.4, -0.2) is 53.4 Å². The van der Waals surface area contributed by atoms with Gasteiger partial charge in [0.1, 0.15) is 11.7 Å². The van der Waals surface area contributed by atoms with E-state index in [1.807, 2.05) is 6.26 Å². The number of allylic oxidation sites excluding steroid dienone is 1. The molecule has 0 saturated heterocycles. The zero-order valence-corrected chi connectivity index (χ0v) is 15.5. The molecule has 0 unspecified atom stereocenters. The predicted octanol–water partition coefficient (Wildman–Crippen LogP) is 2.01. The summed E-state index contributed by atoms with van der Waals surface area (Å²) in [5.74, 6) is 0.670. The van der Waals surface area contributed by atoms with Gasteiger partial charge in [-0.1, -0.05) is 11.8 Å². The molecule has 2 heterocycles. The number of nitrogens with one attached hydrogen (secondary N) is 1. The van der Waals surface area contributed by atoms with E-state index in [2.05, 4.69) is 15.4 Å². The summed E-state index contributed by atoms with van der Waals surface area (Å²) in [6.07, 6.45) is 3.41. The van der Waals surface area contributed by atoms with Gasteiger partial charge < -0.3 is 24.6 Å². The number of benzene rings is 1. The van der Waals surface area contributed by atoms with Crippen molar-refractivity contribution in [3.05, 3.63) is 29.5 Å². The molecule has 138 valence electrons. The first kappa shape index (κ1) is 17.9. The van der Waals surface area contributed by atoms with Crippen molar-refractivity contribution in [3.63, 3.8) is 0 Å². The van der Waals surface area contributed by atoms with Gasteiger partial charge in [0.15, 0.2) is 11.5 Å². The van der Waals surface area contributed by atoms with Gasteiger partial charge in [-0.25, -0.2) is 9.48 Å². The summed E-state index contributed by atoms with van der Waals surface area (Å²) in [6, 6.07) is 3.02. The minimum Gasteiger partial charge on any atom is -0.493 e. The van der Waals surface area contributed by atoms with Crippen LogP contribution in [0.5, 0.6) is 17.2 Å². The quantitative estimate of drug-likeness (QED) is 0.730. The molecule has 10 heteroatoms. The number of aliphatic carboxylic acids is 1. The van der Waals surface area contributed by atoms with Crippen LogP contribution in [0.4, 0.5) is 5.95 Å². The number of ether oxygens (including phenoxy) is 3. The number of methoxy groups -OCH3 is 3. The Kier molecular flexibility index (Phi) is 4.94. The summed E-state index contributed by atoms with van der Waals surface area (Å²) >= 11 is 1.37. The Morgan fingerprint density at radius 1 is 1.23 bits per heavy atom. The first-order chi connectivity index (χ1) is 12.5. The van der Waals surface area contributed by atoms with Crippen LogP contribution in [-0.2, 0) is 4.79 Å². The monoisotopic (exact) mass is 378 g/mol. The lowest BCUT2D eigenvalue weighted by Crippen LogP contribution is -2.24. The van der Waals surface area contributed by atoms with Gasteiger partial charge in [-0.05, 0) is 30.0 Å². The molecule has 1 aromatic heterocycles. The van der Waals surface area contributed by atoms with E-state index in [1.54, 1.807) is 22.9 Å². The molecule has 0 bridgehead atoms. The van der Waals surface area contributed by atoms with Gasteiger partial charge in [0.2, 0.25) is 16.9 Å². The van der Waals surface area contributed by atoms with E-state index in [4.69, 9.17) is 14.2 Å². The average molecular weight is 378 g/mol. The van der Waals surface area contributed by atoms with Crippen molar-refractivity contribution in [1.82, 2.24) is 14.8 Å². The standard InChI is InChI=1S/C16H18N4O5S/c1-23-11-5-8(6-12(24-2)13(11)25-3)10-7-9(14(21)22)17-15-18-16(26-4)19-20(10)15/h5-7,10H,1-4H3,(H,21,22)(H,17,18,19)/t10-/m1/s1. The lowest BCUT2D eigenvalue weighted by atomic mass is 10.0. The topological polar surface area (TPSA) is 108 Å². The smallest absolute Gasteiger partial charge is 0.352 e. The first-order valence-electron chi connectivity index (χ1n) is 7.55. The normalized spacial score (nSPS) is 15.5. The van der Waals surface area contributed by atoms with E-state index in [0.717, 1.165) is 5.56 Å². The second kappa shape index (κ2) is 7.16. The summed E-state index contributed by atoms with van der Waals surface area (Å²) in [6.45, 7) is 0. The van der Waals surface area contributed by atoms with E-state index in [9.17, 15) is 9.90 Å². The van der Waals surface area contributed by atoms with Crippen molar-refractivity contribution < 1.29 is 24.1 Å². The molecule has 26 heavy (non-hydrogen) atoms. The largest absolute Gasteiger partial charge is 0.493 e. The highest BCUT2D eigenvalue weighted by Crippen LogP contribution is 2.41. The fourth-order valence-corrected chi connectivity index (χ4v) is 3.04. The van der Waals surface area contributed by atoms with Crippen molar-refractivity contribution >= 4 is 23.7 Å². The van der Waals surface area contributed by atoms with E-state index < -0.39 is 12.0 Å². The molecule has 1 atom stereocenters. The molecule has 0 aliphatic carbocycles. The molecule has 0 radical (unpaired) electrons. The van der Waals surface area contributed by atoms with Crippen LogP contribution in [0.3, 0.4) is 0 Å². The summed E-state index contributed by atoms with van der Waals surface area (Å²) < 4.78 is 17.7. The number of carboxylic acids is 1. The Balaban J connectivity index is 2.18. The van der Waals surface area contributed by atoms with Gasteiger partial charge in [0, 0.05) is 0 Å². The van der Waals surface area contributed by atoms with Crippen molar-refractivity contribution in [3.8, 4) is 17.2 Å². The van der Waals surface area contributed by atoms with Crippen molar-refractivity contribution in [2.75, 3.05) is 32.9 Å². The van der Waals surface area contributed by atoms with Gasteiger partial charge in [-0.3, -0.25) is 0 Å². The maximum Gasteiger partial charge on any atom is 0.352 e. The van der Waals surface area contributed by atoms with Gasteiger partial charge >= 0.3 is 5.97 Å². The highest BCUT2D eigenvalue weighted by molar-refractivity contribution is 7.98. The number of rotatable bonds is 6. The molecule has 0 fully saturated rings. The molecule has 1 aromatic carbocycles. The number of aromatic nitrogens is 3. The number of carboxylic acid groups (broad SMARTS) is 1. The van der Waals surface area contributed by atoms with Crippen molar-refractivity contribution in [2.45, 2.75) is 11.2 Å². The van der Waals surface area contributed by atoms with Crippen LogP contribution in [0, 0.1) is 0 Å². The molecule has 2 aromatic rings. The minimum absolute atomic E-state index is 0.0244. The highest BCUT2D eigenvalue weighted by atomic mass is 32.2. The summed E-state index contributed by atoms with van der Waals surface area (Å²) in [4.78, 5) is 15.8. The third-order valence-corrected chi connectivity index (χ3v) is 4.43. The minimum atomic E-state index is -1.08. The number of carbonyl (C=O) groups is 1. The molecule has 2 N–H and O–H groups in total. The predicted molar refractivity (Wildman–Crippen MR) is 95.4 cm³/mol. The molecular weight excluding hydrogens is 360 g/mol. The molecule has 0 saturated carbocycles. The van der Waals surface area contributed by atoms with Gasteiger partial charge in [0.05, 0.1) is 21.3 Å². The van der Waals surface area contributed by atoms with Crippen LogP contribution in [0.15, 0.2) is 29.1 Å². The summed E-state index contributed by atoms with van der Waals surface area (Å²) in [7, 11) is 4.57. The number of hydrogen-bond donors (Lipinski definition) is 2. The van der Waals surface area contributed by atoms with E-state index in [1.165, 1.54) is 33.1 Å². The summed E-state index contributed by atoms with van der Waals surface area (Å²) in [5.41, 5.74) is 0.745. The average Bonchev–Trinajstić information content (AvgIpc) is 3.09. The first-order valence-corrected chi connectivity index (χ1v) is 8.77. The molecule has 1 aliphatic heterocycles. The Hall–Kier alpha value is -2.88. The molecule has 1 aliphatic rings. The third-order valence-electron chi connectivity index (χ3n) is 3.89. The number of hydrogen-bond acceptors (Lipinski definition) is 8. The molecule has 9 nitrogen and oxygen atoms in total. The van der Waals surface area contributed by atoms with E-state index in [0.29, 0.717) is 28.4 Å². The van der Waals surface area contributed by atoms with Crippen LogP contribution in [0.2, 0.25) is 0 Å². The Bertz CT molecular complexity index is 855. The fraction of sp³-hybridized carbons (Fsp3) is 0.312. The van der Waals surface area contributed by atoms with E-state index in [-0.39, 0.29) is 5.70 Å². The van der Waals surface area contributed by atoms with Crippen LogP contribution in [0.25, 0.3) is 0 Å². The lowest BCUT2D eigenvalue weighted by molar-refractivity contribution is -0.132. The molecular formula is C16H18N4O5S. The Morgan fingerprint density at radius 3 is 2.38 bits per heavy atom. The van der Waals surface area contributed by atoms with Crippen LogP contribution < -0.4 is 19.5 Å². The van der Waals surface area contributed by atoms with Gasteiger partial charge in [-0.2, -0.15) is 4.98 Å². The maximum absolute atomic E-state index is 11.5. The number of anilines is 1. The molecule has 0 amide bonds. The van der Waals surface area contributed by atoms with Gasteiger partial charge in [0.25, 0.3) is 0 Å². The molecule has 3 rings (SSSR count). The Morgan fingerprint density at radius 2 is 1.88 bits per heavy atom. The van der Waals surface area contributed by atoms with Crippen molar-refractivity contribution in [1.29, 1.82) is 0 Å². The second-order valence-corrected chi connectivity index (χ2v) is 6.05. The highest BCUT2D eigenvalue weighted by Gasteiger charge is 2.28. The number of thioether (sulfide) groups is 1.